The number of hydrogen-bond acceptors (Lipinski definition) is 3. The second-order valence-corrected chi connectivity index (χ2v) is 6.65. The second-order valence-electron chi connectivity index (χ2n) is 6.65. The lowest BCUT2D eigenvalue weighted by atomic mass is 9.84. The molecule has 106 valence electrons. The molecule has 0 aromatic carbocycles. The summed E-state index contributed by atoms with van der Waals surface area (Å²) >= 11 is 0. The summed E-state index contributed by atoms with van der Waals surface area (Å²) in [5.74, 6) is 0.609. The second kappa shape index (κ2) is 6.53. The number of nitrogens with two attached hydrogens (primary N) is 1. The average Bonchev–Trinajstić information content (AvgIpc) is 2.73. The Hall–Kier alpha value is -0.610. The highest BCUT2D eigenvalue weighted by atomic mass is 16.3. The molecule has 2 unspecified atom stereocenters. The van der Waals surface area contributed by atoms with Gasteiger partial charge >= 0.3 is 0 Å². The number of carbonyl (C=O) groups excluding carboxylic acids is 1. The fourth-order valence-electron chi connectivity index (χ4n) is 2.72. The van der Waals surface area contributed by atoms with Gasteiger partial charge in [0.15, 0.2) is 0 Å². The maximum Gasteiger partial charge on any atom is 0.226 e. The van der Waals surface area contributed by atoms with E-state index in [0.717, 1.165) is 32.4 Å². The molecular weight excluding hydrogens is 228 g/mol. The average molecular weight is 256 g/mol. The van der Waals surface area contributed by atoms with Crippen molar-refractivity contribution in [3.8, 4) is 0 Å². The molecule has 1 heterocycles. The van der Waals surface area contributed by atoms with Gasteiger partial charge in [-0.25, -0.2) is 0 Å². The Bertz CT molecular complexity index is 273. The fraction of sp³-hybridized carbons (Fsp3) is 0.929. The minimum absolute atomic E-state index is 0.0575. The summed E-state index contributed by atoms with van der Waals surface area (Å²) < 4.78 is 0. The number of rotatable bonds is 5. The molecule has 1 amide bonds. The molecule has 0 saturated carbocycles. The lowest BCUT2D eigenvalue weighted by Crippen LogP contribution is -2.39. The van der Waals surface area contributed by atoms with Crippen LogP contribution in [0.2, 0.25) is 0 Å². The number of amides is 1. The molecule has 18 heavy (non-hydrogen) atoms. The minimum atomic E-state index is -0.0575. The Morgan fingerprint density at radius 1 is 1.50 bits per heavy atom. The number of hydrogen-bond donors (Lipinski definition) is 2. The topological polar surface area (TPSA) is 66.6 Å². The van der Waals surface area contributed by atoms with Crippen molar-refractivity contribution >= 4 is 5.91 Å². The van der Waals surface area contributed by atoms with E-state index in [9.17, 15) is 4.79 Å². The van der Waals surface area contributed by atoms with Crippen molar-refractivity contribution in [3.05, 3.63) is 0 Å². The number of likely N-dealkylation sites (tertiary alicyclic amines) is 1. The van der Waals surface area contributed by atoms with E-state index in [0.29, 0.717) is 12.5 Å². The van der Waals surface area contributed by atoms with Crippen LogP contribution in [0.3, 0.4) is 0 Å². The van der Waals surface area contributed by atoms with E-state index in [1.54, 1.807) is 0 Å². The number of aliphatic hydroxyl groups is 1. The Morgan fingerprint density at radius 3 is 2.67 bits per heavy atom. The highest BCUT2D eigenvalue weighted by Gasteiger charge is 2.31. The standard InChI is InChI=1S/C14H28N2O2/c1-14(2,3)8-12(9-15)13(18)16-6-4-11(10-16)5-7-17/h11-12,17H,4-10,15H2,1-3H3. The van der Waals surface area contributed by atoms with Crippen molar-refractivity contribution in [1.82, 2.24) is 4.90 Å². The van der Waals surface area contributed by atoms with Crippen LogP contribution in [0.15, 0.2) is 0 Å². The van der Waals surface area contributed by atoms with Crippen molar-refractivity contribution in [2.24, 2.45) is 23.0 Å². The molecule has 1 aliphatic rings. The van der Waals surface area contributed by atoms with Crippen LogP contribution in [0.4, 0.5) is 0 Å². The van der Waals surface area contributed by atoms with Gasteiger partial charge in [-0.2, -0.15) is 0 Å². The van der Waals surface area contributed by atoms with Gasteiger partial charge in [0.1, 0.15) is 0 Å². The van der Waals surface area contributed by atoms with E-state index in [4.69, 9.17) is 10.8 Å². The van der Waals surface area contributed by atoms with Crippen LogP contribution in [0.1, 0.15) is 40.0 Å². The molecule has 1 aliphatic heterocycles. The van der Waals surface area contributed by atoms with E-state index >= 15 is 0 Å². The van der Waals surface area contributed by atoms with Crippen molar-refractivity contribution in [2.45, 2.75) is 40.0 Å². The molecule has 4 heteroatoms. The normalized spacial score (nSPS) is 22.3. The first kappa shape index (κ1) is 15.4. The van der Waals surface area contributed by atoms with Crippen LogP contribution in [0.5, 0.6) is 0 Å². The van der Waals surface area contributed by atoms with Gasteiger partial charge in [0.05, 0.1) is 5.92 Å². The van der Waals surface area contributed by atoms with Crippen LogP contribution < -0.4 is 5.73 Å². The van der Waals surface area contributed by atoms with Gasteiger partial charge in [-0.15, -0.1) is 0 Å². The lowest BCUT2D eigenvalue weighted by Gasteiger charge is -2.28. The smallest absolute Gasteiger partial charge is 0.226 e. The van der Waals surface area contributed by atoms with Crippen LogP contribution in [0.25, 0.3) is 0 Å². The third kappa shape index (κ3) is 4.58. The molecule has 0 aromatic heterocycles. The zero-order chi connectivity index (χ0) is 13.8. The molecule has 3 N–H and O–H groups in total. The number of nitrogens with zero attached hydrogens (tertiary/aromatic N) is 1. The Morgan fingerprint density at radius 2 is 2.17 bits per heavy atom. The van der Waals surface area contributed by atoms with E-state index in [1.165, 1.54) is 0 Å². The summed E-state index contributed by atoms with van der Waals surface area (Å²) in [5, 5.41) is 8.94. The quantitative estimate of drug-likeness (QED) is 0.777. The zero-order valence-corrected chi connectivity index (χ0v) is 12.0. The monoisotopic (exact) mass is 256 g/mol. The maximum absolute atomic E-state index is 12.4. The largest absolute Gasteiger partial charge is 0.396 e. The first-order valence-corrected chi connectivity index (χ1v) is 6.97. The van der Waals surface area contributed by atoms with Crippen molar-refractivity contribution < 1.29 is 9.90 Å². The third-order valence-corrected chi connectivity index (χ3v) is 3.63. The summed E-state index contributed by atoms with van der Waals surface area (Å²) in [6.07, 6.45) is 2.65. The Kier molecular flexibility index (Phi) is 5.60. The van der Waals surface area contributed by atoms with Crippen molar-refractivity contribution in [3.63, 3.8) is 0 Å². The van der Waals surface area contributed by atoms with Gasteiger partial charge < -0.3 is 15.7 Å². The Labute approximate surface area is 111 Å². The molecular formula is C14H28N2O2. The molecule has 0 aliphatic carbocycles. The molecule has 0 bridgehead atoms. The van der Waals surface area contributed by atoms with E-state index in [1.807, 2.05) is 4.90 Å². The van der Waals surface area contributed by atoms with E-state index in [-0.39, 0.29) is 23.8 Å². The lowest BCUT2D eigenvalue weighted by molar-refractivity contribution is -0.135. The first-order chi connectivity index (χ1) is 8.37. The summed E-state index contributed by atoms with van der Waals surface area (Å²) in [4.78, 5) is 14.3. The molecule has 0 spiro atoms. The summed E-state index contributed by atoms with van der Waals surface area (Å²) in [6, 6.07) is 0. The highest BCUT2D eigenvalue weighted by Crippen LogP contribution is 2.27. The molecule has 0 radical (unpaired) electrons. The molecule has 0 aromatic rings. The predicted octanol–water partition coefficient (Wildman–Crippen LogP) is 1.23. The van der Waals surface area contributed by atoms with Gasteiger partial charge in [0.2, 0.25) is 5.91 Å². The van der Waals surface area contributed by atoms with Crippen molar-refractivity contribution in [2.75, 3.05) is 26.2 Å². The van der Waals surface area contributed by atoms with E-state index in [2.05, 4.69) is 20.8 Å². The van der Waals surface area contributed by atoms with Crippen molar-refractivity contribution in [1.29, 1.82) is 0 Å². The first-order valence-electron chi connectivity index (χ1n) is 6.97. The van der Waals surface area contributed by atoms with Gasteiger partial charge in [0.25, 0.3) is 0 Å². The van der Waals surface area contributed by atoms with Crippen LogP contribution in [-0.4, -0.2) is 42.2 Å². The summed E-state index contributed by atoms with van der Waals surface area (Å²) in [5.41, 5.74) is 5.88. The van der Waals surface area contributed by atoms with Gasteiger partial charge in [-0.1, -0.05) is 20.8 Å². The fourth-order valence-corrected chi connectivity index (χ4v) is 2.72. The van der Waals surface area contributed by atoms with E-state index < -0.39 is 0 Å². The van der Waals surface area contributed by atoms with Gasteiger partial charge in [-0.3, -0.25) is 4.79 Å². The summed E-state index contributed by atoms with van der Waals surface area (Å²) in [7, 11) is 0. The molecule has 2 atom stereocenters. The zero-order valence-electron chi connectivity index (χ0n) is 12.0. The molecule has 4 nitrogen and oxygen atoms in total. The van der Waals surface area contributed by atoms with Gasteiger partial charge in [-0.05, 0) is 30.6 Å². The molecule has 1 fully saturated rings. The number of aliphatic hydroxyl groups excluding tert-OH is 1. The van der Waals surface area contributed by atoms with Crippen LogP contribution >= 0.6 is 0 Å². The highest BCUT2D eigenvalue weighted by molar-refractivity contribution is 5.79. The van der Waals surface area contributed by atoms with Crippen LogP contribution in [0, 0.1) is 17.3 Å². The summed E-state index contributed by atoms with van der Waals surface area (Å²) in [6.45, 7) is 8.68. The Balaban J connectivity index is 2.52. The molecule has 1 rings (SSSR count). The van der Waals surface area contributed by atoms with Gasteiger partial charge in [0, 0.05) is 26.2 Å². The third-order valence-electron chi connectivity index (χ3n) is 3.63. The number of carbonyl (C=O) groups is 1. The van der Waals surface area contributed by atoms with Crippen LogP contribution in [-0.2, 0) is 4.79 Å². The molecule has 1 saturated heterocycles. The SMILES string of the molecule is CC(C)(C)CC(CN)C(=O)N1CCC(CCO)C1. The predicted molar refractivity (Wildman–Crippen MR) is 73.0 cm³/mol. The minimum Gasteiger partial charge on any atom is -0.396 e. The maximum atomic E-state index is 12.4.